The zero-order valence-corrected chi connectivity index (χ0v) is 7.31. The number of hydrogen-bond donors (Lipinski definition) is 2. The Morgan fingerprint density at radius 3 is 2.15 bits per heavy atom. The van der Waals surface area contributed by atoms with E-state index >= 15 is 0 Å². The summed E-state index contributed by atoms with van der Waals surface area (Å²) in [6.45, 7) is 1.92. The van der Waals surface area contributed by atoms with Gasteiger partial charge in [-0.25, -0.2) is 0 Å². The van der Waals surface area contributed by atoms with Crippen molar-refractivity contribution in [1.29, 1.82) is 0 Å². The van der Waals surface area contributed by atoms with Crippen LogP contribution in [0.4, 0.5) is 11.9 Å². The molecule has 0 radical (unpaired) electrons. The highest BCUT2D eigenvalue weighted by Gasteiger charge is 1.96. The normalized spacial score (nSPS) is 11.5. The Balaban J connectivity index is 2.89. The number of aromatic nitrogens is 3. The lowest BCUT2D eigenvalue weighted by molar-refractivity contribution is 1.06. The molecule has 0 amide bonds. The molecule has 13 heavy (non-hydrogen) atoms. The van der Waals surface area contributed by atoms with E-state index in [1.807, 2.05) is 19.1 Å². The van der Waals surface area contributed by atoms with Crippen LogP contribution in [0.2, 0.25) is 0 Å². The SMILES string of the molecule is C/C=C/C=C/c1nc(N)nc(N)n1. The van der Waals surface area contributed by atoms with Crippen LogP contribution in [0, 0.1) is 0 Å². The standard InChI is InChI=1S/C8H11N5/c1-2-3-4-5-6-11-7(9)13-8(10)12-6/h2-5H,1H3,(H4,9,10,11,12,13)/b3-2+,5-4+. The Kier molecular flexibility index (Phi) is 2.97. The molecule has 1 aromatic heterocycles. The molecule has 0 fully saturated rings. The topological polar surface area (TPSA) is 90.7 Å². The molecule has 0 aromatic carbocycles. The fourth-order valence-corrected chi connectivity index (χ4v) is 0.754. The van der Waals surface area contributed by atoms with Gasteiger partial charge in [0.25, 0.3) is 0 Å². The van der Waals surface area contributed by atoms with Crippen LogP contribution in [0.15, 0.2) is 18.2 Å². The van der Waals surface area contributed by atoms with Crippen LogP contribution in [0.3, 0.4) is 0 Å². The number of nitrogens with zero attached hydrogens (tertiary/aromatic N) is 3. The summed E-state index contributed by atoms with van der Waals surface area (Å²) >= 11 is 0. The predicted octanol–water partition coefficient (Wildman–Crippen LogP) is 0.625. The Labute approximate surface area is 76.2 Å². The summed E-state index contributed by atoms with van der Waals surface area (Å²) in [5.74, 6) is 0.725. The van der Waals surface area contributed by atoms with Crippen molar-refractivity contribution in [3.8, 4) is 0 Å². The first-order valence-electron chi connectivity index (χ1n) is 3.79. The van der Waals surface area contributed by atoms with Gasteiger partial charge in [-0.2, -0.15) is 15.0 Å². The lowest BCUT2D eigenvalue weighted by atomic mass is 10.4. The van der Waals surface area contributed by atoms with Crippen molar-refractivity contribution in [2.45, 2.75) is 6.92 Å². The molecule has 0 aliphatic heterocycles. The van der Waals surface area contributed by atoms with E-state index in [-0.39, 0.29) is 11.9 Å². The van der Waals surface area contributed by atoms with Gasteiger partial charge in [-0.15, -0.1) is 0 Å². The number of nitrogen functional groups attached to an aromatic ring is 2. The molecule has 0 aliphatic rings. The van der Waals surface area contributed by atoms with Crippen LogP contribution >= 0.6 is 0 Å². The average Bonchev–Trinajstić information content (AvgIpc) is 2.03. The fraction of sp³-hybridized carbons (Fsp3) is 0.125. The van der Waals surface area contributed by atoms with Crippen molar-refractivity contribution < 1.29 is 0 Å². The maximum atomic E-state index is 5.37. The molecule has 0 atom stereocenters. The van der Waals surface area contributed by atoms with E-state index < -0.39 is 0 Å². The van der Waals surface area contributed by atoms with Gasteiger partial charge in [-0.3, -0.25) is 0 Å². The Bertz CT molecular complexity index is 322. The Hall–Kier alpha value is -1.91. The van der Waals surface area contributed by atoms with Crippen LogP contribution < -0.4 is 11.5 Å². The fourth-order valence-electron chi connectivity index (χ4n) is 0.754. The second kappa shape index (κ2) is 4.20. The van der Waals surface area contributed by atoms with E-state index in [1.165, 1.54) is 0 Å². The van der Waals surface area contributed by atoms with Crippen molar-refractivity contribution in [3.63, 3.8) is 0 Å². The number of anilines is 2. The van der Waals surface area contributed by atoms with Crippen LogP contribution in [-0.4, -0.2) is 15.0 Å². The monoisotopic (exact) mass is 177 g/mol. The minimum atomic E-state index is 0.132. The first-order valence-corrected chi connectivity index (χ1v) is 3.79. The largest absolute Gasteiger partial charge is 0.368 e. The summed E-state index contributed by atoms with van der Waals surface area (Å²) in [5.41, 5.74) is 10.7. The number of allylic oxidation sites excluding steroid dienone is 3. The van der Waals surface area contributed by atoms with Crippen molar-refractivity contribution in [1.82, 2.24) is 15.0 Å². The summed E-state index contributed by atoms with van der Waals surface area (Å²) < 4.78 is 0. The first kappa shape index (κ1) is 9.18. The van der Waals surface area contributed by atoms with Gasteiger partial charge in [0.05, 0.1) is 0 Å². The lowest BCUT2D eigenvalue weighted by Crippen LogP contribution is -2.03. The highest BCUT2D eigenvalue weighted by molar-refractivity contribution is 5.45. The number of nitrogens with two attached hydrogens (primary N) is 2. The predicted molar refractivity (Wildman–Crippen MR) is 52.5 cm³/mol. The van der Waals surface area contributed by atoms with Gasteiger partial charge in [-0.1, -0.05) is 18.2 Å². The molecule has 0 spiro atoms. The summed E-state index contributed by atoms with van der Waals surface area (Å²) in [5, 5.41) is 0. The molecule has 1 heterocycles. The van der Waals surface area contributed by atoms with Gasteiger partial charge in [0, 0.05) is 0 Å². The van der Waals surface area contributed by atoms with E-state index in [4.69, 9.17) is 11.5 Å². The van der Waals surface area contributed by atoms with Crippen molar-refractivity contribution in [2.24, 2.45) is 0 Å². The molecule has 5 nitrogen and oxygen atoms in total. The van der Waals surface area contributed by atoms with E-state index in [9.17, 15) is 0 Å². The van der Waals surface area contributed by atoms with E-state index in [0.29, 0.717) is 5.82 Å². The van der Waals surface area contributed by atoms with Gasteiger partial charge >= 0.3 is 0 Å². The van der Waals surface area contributed by atoms with Crippen LogP contribution in [-0.2, 0) is 0 Å². The van der Waals surface area contributed by atoms with Crippen LogP contribution in [0.5, 0.6) is 0 Å². The van der Waals surface area contributed by atoms with E-state index in [0.717, 1.165) is 0 Å². The molecule has 68 valence electrons. The smallest absolute Gasteiger partial charge is 0.225 e. The molecule has 0 bridgehead atoms. The highest BCUT2D eigenvalue weighted by Crippen LogP contribution is 2.00. The molecule has 0 saturated carbocycles. The molecule has 0 aliphatic carbocycles. The summed E-state index contributed by atoms with van der Waals surface area (Å²) in [4.78, 5) is 11.4. The zero-order valence-electron chi connectivity index (χ0n) is 7.31. The minimum Gasteiger partial charge on any atom is -0.368 e. The third-order valence-corrected chi connectivity index (χ3v) is 1.24. The van der Waals surface area contributed by atoms with Crippen molar-refractivity contribution >= 4 is 18.0 Å². The molecule has 0 saturated heterocycles. The minimum absolute atomic E-state index is 0.132. The average molecular weight is 177 g/mol. The quantitative estimate of drug-likeness (QED) is 0.646. The molecule has 5 heteroatoms. The second-order valence-electron chi connectivity index (χ2n) is 2.29. The Morgan fingerprint density at radius 2 is 1.62 bits per heavy atom. The lowest BCUT2D eigenvalue weighted by Gasteiger charge is -1.95. The number of rotatable bonds is 2. The van der Waals surface area contributed by atoms with Crippen LogP contribution in [0.25, 0.3) is 6.08 Å². The molecule has 1 aromatic rings. The van der Waals surface area contributed by atoms with Crippen molar-refractivity contribution in [3.05, 3.63) is 24.1 Å². The Morgan fingerprint density at radius 1 is 1.00 bits per heavy atom. The first-order chi connectivity index (χ1) is 6.22. The molecule has 4 N–H and O–H groups in total. The maximum absolute atomic E-state index is 5.37. The molecular weight excluding hydrogens is 166 g/mol. The van der Waals surface area contributed by atoms with E-state index in [1.54, 1.807) is 12.2 Å². The molecule has 0 unspecified atom stereocenters. The second-order valence-corrected chi connectivity index (χ2v) is 2.29. The van der Waals surface area contributed by atoms with Crippen LogP contribution in [0.1, 0.15) is 12.7 Å². The molecule has 1 rings (SSSR count). The third kappa shape index (κ3) is 2.90. The summed E-state index contributed by atoms with van der Waals surface area (Å²) in [6.07, 6.45) is 7.25. The number of hydrogen-bond acceptors (Lipinski definition) is 5. The zero-order chi connectivity index (χ0) is 9.68. The van der Waals surface area contributed by atoms with Gasteiger partial charge < -0.3 is 11.5 Å². The molecular formula is C8H11N5. The summed E-state index contributed by atoms with van der Waals surface area (Å²) in [6, 6.07) is 0. The van der Waals surface area contributed by atoms with Gasteiger partial charge in [0.2, 0.25) is 11.9 Å². The maximum Gasteiger partial charge on any atom is 0.225 e. The van der Waals surface area contributed by atoms with Gasteiger partial charge in [-0.05, 0) is 13.0 Å². The highest BCUT2D eigenvalue weighted by atomic mass is 15.1. The summed E-state index contributed by atoms with van der Waals surface area (Å²) in [7, 11) is 0. The third-order valence-electron chi connectivity index (χ3n) is 1.24. The van der Waals surface area contributed by atoms with Gasteiger partial charge in [0.15, 0.2) is 5.82 Å². The van der Waals surface area contributed by atoms with E-state index in [2.05, 4.69) is 15.0 Å². The van der Waals surface area contributed by atoms with Crippen molar-refractivity contribution in [2.75, 3.05) is 11.5 Å². The van der Waals surface area contributed by atoms with Gasteiger partial charge in [0.1, 0.15) is 0 Å².